The fourth-order valence-corrected chi connectivity index (χ4v) is 1.42. The van der Waals surface area contributed by atoms with Gasteiger partial charge in [0.1, 0.15) is 6.04 Å². The number of halogens is 3. The number of carbonyl (C=O) groups excluding carboxylic acids is 1. The Morgan fingerprint density at radius 2 is 1.63 bits per heavy atom. The number of aliphatic carboxylic acids is 1. The molecule has 1 aromatic rings. The van der Waals surface area contributed by atoms with E-state index in [9.17, 15) is 22.8 Å². The second-order valence-corrected chi connectivity index (χ2v) is 4.29. The topological polar surface area (TPSA) is 66.4 Å². The highest BCUT2D eigenvalue weighted by Crippen LogP contribution is 2.14. The van der Waals surface area contributed by atoms with Crippen LogP contribution in [0, 0.1) is 23.4 Å². The van der Waals surface area contributed by atoms with Crippen molar-refractivity contribution in [2.45, 2.75) is 19.9 Å². The van der Waals surface area contributed by atoms with Gasteiger partial charge >= 0.3 is 5.97 Å². The summed E-state index contributed by atoms with van der Waals surface area (Å²) in [6, 6.07) is -0.191. The lowest BCUT2D eigenvalue weighted by Gasteiger charge is -2.17. The molecule has 0 heterocycles. The predicted octanol–water partition coefficient (Wildman–Crippen LogP) is 1.94. The first kappa shape index (κ1) is 15.0. The van der Waals surface area contributed by atoms with E-state index in [-0.39, 0.29) is 0 Å². The van der Waals surface area contributed by atoms with Crippen molar-refractivity contribution < 1.29 is 27.9 Å². The van der Waals surface area contributed by atoms with Crippen LogP contribution in [0.5, 0.6) is 0 Å². The normalized spacial score (nSPS) is 12.3. The van der Waals surface area contributed by atoms with E-state index in [4.69, 9.17) is 5.11 Å². The largest absolute Gasteiger partial charge is 0.480 e. The molecular formula is C12H12F3NO3. The Bertz CT molecular complexity index is 494. The molecule has 0 aliphatic heterocycles. The van der Waals surface area contributed by atoms with Gasteiger partial charge in [-0.25, -0.2) is 18.0 Å². The van der Waals surface area contributed by atoms with Crippen molar-refractivity contribution in [3.8, 4) is 0 Å². The monoisotopic (exact) mass is 275 g/mol. The van der Waals surface area contributed by atoms with Gasteiger partial charge in [0, 0.05) is 5.56 Å². The molecule has 0 unspecified atom stereocenters. The van der Waals surface area contributed by atoms with Gasteiger partial charge in [0.15, 0.2) is 17.5 Å². The zero-order valence-corrected chi connectivity index (χ0v) is 10.2. The summed E-state index contributed by atoms with van der Waals surface area (Å²) in [6.07, 6.45) is 0. The van der Waals surface area contributed by atoms with E-state index in [1.807, 2.05) is 0 Å². The Morgan fingerprint density at radius 1 is 1.16 bits per heavy atom. The van der Waals surface area contributed by atoms with Crippen LogP contribution in [0.25, 0.3) is 0 Å². The van der Waals surface area contributed by atoms with Gasteiger partial charge in [-0.1, -0.05) is 13.8 Å². The Morgan fingerprint density at radius 3 is 2.00 bits per heavy atom. The van der Waals surface area contributed by atoms with Crippen LogP contribution in [0.1, 0.15) is 24.2 Å². The van der Waals surface area contributed by atoms with Gasteiger partial charge in [-0.15, -0.1) is 0 Å². The van der Waals surface area contributed by atoms with Crippen LogP contribution in [-0.4, -0.2) is 23.0 Å². The number of carboxylic acid groups (broad SMARTS) is 1. The first-order valence-electron chi connectivity index (χ1n) is 5.42. The van der Waals surface area contributed by atoms with Gasteiger partial charge in [-0.2, -0.15) is 0 Å². The maximum atomic E-state index is 12.9. The van der Waals surface area contributed by atoms with Crippen LogP contribution in [0.2, 0.25) is 0 Å². The molecule has 0 saturated carbocycles. The maximum absolute atomic E-state index is 12.9. The summed E-state index contributed by atoms with van der Waals surface area (Å²) in [5.74, 6) is -7.39. The summed E-state index contributed by atoms with van der Waals surface area (Å²) in [5, 5.41) is 11.0. The highest BCUT2D eigenvalue weighted by atomic mass is 19.2. The second-order valence-electron chi connectivity index (χ2n) is 4.29. The van der Waals surface area contributed by atoms with E-state index in [1.165, 1.54) is 0 Å². The quantitative estimate of drug-likeness (QED) is 0.825. The fourth-order valence-electron chi connectivity index (χ4n) is 1.42. The lowest BCUT2D eigenvalue weighted by Crippen LogP contribution is -2.44. The molecule has 0 aromatic heterocycles. The summed E-state index contributed by atoms with van der Waals surface area (Å²) >= 11 is 0. The number of benzene rings is 1. The third kappa shape index (κ3) is 3.46. The van der Waals surface area contributed by atoms with E-state index in [0.717, 1.165) is 0 Å². The molecule has 1 rings (SSSR count). The summed E-state index contributed by atoms with van der Waals surface area (Å²) in [7, 11) is 0. The van der Waals surface area contributed by atoms with Crippen molar-refractivity contribution >= 4 is 11.9 Å². The number of amides is 1. The Kier molecular flexibility index (Phi) is 4.52. The molecule has 0 spiro atoms. The number of hydrogen-bond donors (Lipinski definition) is 2. The standard InChI is InChI=1S/C12H12F3NO3/c1-5(2)10(12(18)19)16-11(17)6-3-7(13)9(15)8(14)4-6/h3-5,10H,1-2H3,(H,16,17)(H,18,19)/t10-/m0/s1. The van der Waals surface area contributed by atoms with Gasteiger partial charge in [0.05, 0.1) is 0 Å². The zero-order chi connectivity index (χ0) is 14.7. The summed E-state index contributed by atoms with van der Waals surface area (Å²) < 4.78 is 38.6. The van der Waals surface area contributed by atoms with Crippen molar-refractivity contribution in [3.05, 3.63) is 35.1 Å². The highest BCUT2D eigenvalue weighted by molar-refractivity contribution is 5.96. The molecule has 0 bridgehead atoms. The average Bonchev–Trinajstić information content (AvgIpc) is 2.31. The van der Waals surface area contributed by atoms with E-state index >= 15 is 0 Å². The number of rotatable bonds is 4. The number of carboxylic acids is 1. The average molecular weight is 275 g/mol. The second kappa shape index (κ2) is 5.73. The minimum absolute atomic E-state index is 0.420. The smallest absolute Gasteiger partial charge is 0.326 e. The van der Waals surface area contributed by atoms with Gasteiger partial charge in [0.2, 0.25) is 0 Å². The van der Waals surface area contributed by atoms with Gasteiger partial charge < -0.3 is 10.4 Å². The first-order chi connectivity index (χ1) is 8.73. The first-order valence-corrected chi connectivity index (χ1v) is 5.42. The zero-order valence-electron chi connectivity index (χ0n) is 10.2. The minimum Gasteiger partial charge on any atom is -0.480 e. The summed E-state index contributed by atoms with van der Waals surface area (Å²) in [6.45, 7) is 3.12. The molecular weight excluding hydrogens is 263 g/mol. The van der Waals surface area contributed by atoms with Crippen LogP contribution >= 0.6 is 0 Å². The van der Waals surface area contributed by atoms with Crippen molar-refractivity contribution in [2.75, 3.05) is 0 Å². The number of hydrogen-bond acceptors (Lipinski definition) is 2. The molecule has 0 radical (unpaired) electrons. The molecule has 19 heavy (non-hydrogen) atoms. The summed E-state index contributed by atoms with van der Waals surface area (Å²) in [4.78, 5) is 22.5. The van der Waals surface area contributed by atoms with Gasteiger partial charge in [0.25, 0.3) is 5.91 Å². The molecule has 1 atom stereocenters. The van der Waals surface area contributed by atoms with Crippen LogP contribution in [0.15, 0.2) is 12.1 Å². The molecule has 2 N–H and O–H groups in total. The van der Waals surface area contributed by atoms with Crippen molar-refractivity contribution in [3.63, 3.8) is 0 Å². The Labute approximate surface area is 107 Å². The molecule has 1 amide bonds. The van der Waals surface area contributed by atoms with Crippen molar-refractivity contribution in [1.29, 1.82) is 0 Å². The lowest BCUT2D eigenvalue weighted by molar-refractivity contribution is -0.140. The minimum atomic E-state index is -1.69. The van der Waals surface area contributed by atoms with Crippen molar-refractivity contribution in [2.24, 2.45) is 5.92 Å². The van der Waals surface area contributed by atoms with Gasteiger partial charge in [-0.05, 0) is 18.1 Å². The molecule has 1 aromatic carbocycles. The Balaban J connectivity index is 2.98. The fraction of sp³-hybridized carbons (Fsp3) is 0.333. The van der Waals surface area contributed by atoms with E-state index in [2.05, 4.69) is 5.32 Å². The number of carbonyl (C=O) groups is 2. The molecule has 4 nitrogen and oxygen atoms in total. The summed E-state index contributed by atoms with van der Waals surface area (Å²) in [5.41, 5.74) is -0.483. The van der Waals surface area contributed by atoms with Crippen LogP contribution in [-0.2, 0) is 4.79 Å². The molecule has 7 heteroatoms. The van der Waals surface area contributed by atoms with E-state index in [0.29, 0.717) is 12.1 Å². The maximum Gasteiger partial charge on any atom is 0.326 e. The molecule has 0 saturated heterocycles. The number of nitrogens with one attached hydrogen (secondary N) is 1. The van der Waals surface area contributed by atoms with E-state index < -0.39 is 46.9 Å². The van der Waals surface area contributed by atoms with Crippen LogP contribution < -0.4 is 5.32 Å². The molecule has 0 aliphatic rings. The SMILES string of the molecule is CC(C)[C@H](NC(=O)c1cc(F)c(F)c(F)c1)C(=O)O. The van der Waals surface area contributed by atoms with Crippen LogP contribution in [0.4, 0.5) is 13.2 Å². The molecule has 0 fully saturated rings. The van der Waals surface area contributed by atoms with Crippen molar-refractivity contribution in [1.82, 2.24) is 5.32 Å². The highest BCUT2D eigenvalue weighted by Gasteiger charge is 2.25. The van der Waals surface area contributed by atoms with Gasteiger partial charge in [-0.3, -0.25) is 4.79 Å². The van der Waals surface area contributed by atoms with Crippen LogP contribution in [0.3, 0.4) is 0 Å². The molecule has 104 valence electrons. The molecule has 0 aliphatic carbocycles. The predicted molar refractivity (Wildman–Crippen MR) is 60.0 cm³/mol. The third-order valence-corrected chi connectivity index (χ3v) is 2.47. The van der Waals surface area contributed by atoms with E-state index in [1.54, 1.807) is 13.8 Å². The third-order valence-electron chi connectivity index (χ3n) is 2.47. The Hall–Kier alpha value is -2.05. The lowest BCUT2D eigenvalue weighted by atomic mass is 10.0.